The van der Waals surface area contributed by atoms with E-state index in [9.17, 15) is 20.0 Å². The Bertz CT molecular complexity index is 545. The highest BCUT2D eigenvalue weighted by atomic mass is 16.6. The Kier molecular flexibility index (Phi) is 5.20. The molecule has 116 valence electrons. The van der Waals surface area contributed by atoms with Crippen LogP contribution < -0.4 is 5.32 Å². The van der Waals surface area contributed by atoms with E-state index in [-0.39, 0.29) is 23.7 Å². The first kappa shape index (κ1) is 16.8. The van der Waals surface area contributed by atoms with Gasteiger partial charge in [0.1, 0.15) is 12.0 Å². The van der Waals surface area contributed by atoms with Gasteiger partial charge in [0.2, 0.25) is 0 Å². The zero-order valence-corrected chi connectivity index (χ0v) is 12.6. The van der Waals surface area contributed by atoms with Gasteiger partial charge in [0, 0.05) is 19.7 Å². The summed E-state index contributed by atoms with van der Waals surface area (Å²) in [6.45, 7) is 5.52. The van der Waals surface area contributed by atoms with E-state index in [1.165, 1.54) is 18.0 Å². The normalized spacial score (nSPS) is 11.1. The van der Waals surface area contributed by atoms with Crippen molar-refractivity contribution in [3.63, 3.8) is 0 Å². The summed E-state index contributed by atoms with van der Waals surface area (Å²) in [5.74, 6) is -0.158. The van der Waals surface area contributed by atoms with Gasteiger partial charge in [-0.2, -0.15) is 0 Å². The minimum atomic E-state index is -0.787. The second-order valence-corrected chi connectivity index (χ2v) is 5.21. The van der Waals surface area contributed by atoms with Gasteiger partial charge in [-0.3, -0.25) is 14.9 Å². The number of nitro groups is 1. The third-order valence-corrected chi connectivity index (χ3v) is 3.26. The van der Waals surface area contributed by atoms with Crippen molar-refractivity contribution < 1.29 is 14.8 Å². The molecule has 0 atom stereocenters. The Balaban J connectivity index is 3.28. The van der Waals surface area contributed by atoms with E-state index in [1.807, 2.05) is 6.92 Å². The minimum Gasteiger partial charge on any atom is -0.394 e. The molecule has 0 unspecified atom stereocenters. The predicted molar refractivity (Wildman–Crippen MR) is 78.3 cm³/mol. The van der Waals surface area contributed by atoms with Crippen LogP contribution in [0.5, 0.6) is 0 Å². The Morgan fingerprint density at radius 3 is 2.67 bits per heavy atom. The number of likely N-dealkylation sites (N-methyl/N-ethyl adjacent to an activating group) is 1. The molecule has 1 rings (SSSR count). The van der Waals surface area contributed by atoms with E-state index in [1.54, 1.807) is 13.8 Å². The number of carbonyl (C=O) groups excluding carboxylic acids is 1. The third-order valence-electron chi connectivity index (χ3n) is 3.26. The number of rotatable bonds is 6. The Hall–Kier alpha value is -2.22. The molecule has 0 aliphatic carbocycles. The molecule has 1 aromatic rings. The molecule has 21 heavy (non-hydrogen) atoms. The number of anilines is 1. The lowest BCUT2D eigenvalue weighted by Gasteiger charge is -2.34. The number of carbonyl (C=O) groups is 1. The van der Waals surface area contributed by atoms with Crippen molar-refractivity contribution in [3.05, 3.63) is 27.9 Å². The topological polar surface area (TPSA) is 109 Å². The highest BCUT2D eigenvalue weighted by Gasteiger charge is 2.30. The second-order valence-electron chi connectivity index (χ2n) is 5.21. The molecule has 0 saturated carbocycles. The van der Waals surface area contributed by atoms with Crippen LogP contribution in [0.3, 0.4) is 0 Å². The highest BCUT2D eigenvalue weighted by molar-refractivity contribution is 5.99. The van der Waals surface area contributed by atoms with Crippen LogP contribution in [-0.2, 0) is 0 Å². The van der Waals surface area contributed by atoms with Crippen molar-refractivity contribution in [1.29, 1.82) is 0 Å². The molecule has 0 aromatic carbocycles. The van der Waals surface area contributed by atoms with E-state index >= 15 is 0 Å². The fourth-order valence-corrected chi connectivity index (χ4v) is 1.59. The summed E-state index contributed by atoms with van der Waals surface area (Å²) in [5.41, 5.74) is -0.934. The Morgan fingerprint density at radius 2 is 2.19 bits per heavy atom. The summed E-state index contributed by atoms with van der Waals surface area (Å²) in [5, 5.41) is 23.1. The van der Waals surface area contributed by atoms with Crippen LogP contribution in [0.1, 0.15) is 31.1 Å². The molecule has 2 N–H and O–H groups in total. The zero-order chi connectivity index (χ0) is 16.2. The molecule has 0 spiro atoms. The fraction of sp³-hybridized carbons (Fsp3) is 0.538. The highest BCUT2D eigenvalue weighted by Crippen LogP contribution is 2.23. The standard InChI is InChI=1S/C13H20N4O4/c1-5-14-11-10(6-9(7-15-11)17(20)21)12(19)16(4)13(2,3)8-18/h6-7,18H,5,8H2,1-4H3,(H,14,15). The van der Waals surface area contributed by atoms with Crippen LogP contribution >= 0.6 is 0 Å². The lowest BCUT2D eigenvalue weighted by Crippen LogP contribution is -2.47. The molecule has 1 aromatic heterocycles. The SMILES string of the molecule is CCNc1ncc([N+](=O)[O-])cc1C(=O)N(C)C(C)(C)CO. The van der Waals surface area contributed by atoms with Gasteiger partial charge in [-0.05, 0) is 20.8 Å². The number of nitrogens with one attached hydrogen (secondary N) is 1. The first-order valence-electron chi connectivity index (χ1n) is 6.52. The molecule has 0 aliphatic rings. The number of aliphatic hydroxyl groups excluding tert-OH is 1. The van der Waals surface area contributed by atoms with Gasteiger partial charge in [-0.1, -0.05) is 0 Å². The van der Waals surface area contributed by atoms with Crippen LogP contribution in [0.25, 0.3) is 0 Å². The van der Waals surface area contributed by atoms with E-state index in [2.05, 4.69) is 10.3 Å². The summed E-state index contributed by atoms with van der Waals surface area (Å²) in [6.07, 6.45) is 1.10. The average molecular weight is 296 g/mol. The quantitative estimate of drug-likeness (QED) is 0.604. The van der Waals surface area contributed by atoms with Crippen molar-refractivity contribution in [2.75, 3.05) is 25.5 Å². The molecule has 1 amide bonds. The van der Waals surface area contributed by atoms with Crippen LogP contribution in [-0.4, -0.2) is 51.6 Å². The molecular weight excluding hydrogens is 276 g/mol. The van der Waals surface area contributed by atoms with Crippen molar-refractivity contribution in [2.45, 2.75) is 26.3 Å². The van der Waals surface area contributed by atoms with Crippen LogP contribution in [0.15, 0.2) is 12.3 Å². The zero-order valence-electron chi connectivity index (χ0n) is 12.6. The van der Waals surface area contributed by atoms with Gasteiger partial charge < -0.3 is 15.3 Å². The minimum absolute atomic E-state index is 0.107. The molecule has 8 heteroatoms. The lowest BCUT2D eigenvalue weighted by atomic mass is 10.0. The summed E-state index contributed by atoms with van der Waals surface area (Å²) in [7, 11) is 1.53. The fourth-order valence-electron chi connectivity index (χ4n) is 1.59. The number of pyridine rings is 1. The summed E-state index contributed by atoms with van der Waals surface area (Å²) in [4.78, 5) is 28.1. The van der Waals surface area contributed by atoms with E-state index in [4.69, 9.17) is 0 Å². The number of hydrogen-bond donors (Lipinski definition) is 2. The molecule has 0 bridgehead atoms. The second kappa shape index (κ2) is 6.49. The maximum Gasteiger partial charge on any atom is 0.288 e. The number of hydrogen-bond acceptors (Lipinski definition) is 6. The maximum absolute atomic E-state index is 12.5. The number of nitrogens with zero attached hydrogens (tertiary/aromatic N) is 3. The molecule has 1 heterocycles. The van der Waals surface area contributed by atoms with Crippen LogP contribution in [0.2, 0.25) is 0 Å². The monoisotopic (exact) mass is 296 g/mol. The largest absolute Gasteiger partial charge is 0.394 e. The molecule has 0 aliphatic heterocycles. The van der Waals surface area contributed by atoms with Gasteiger partial charge in [0.25, 0.3) is 11.6 Å². The van der Waals surface area contributed by atoms with Gasteiger partial charge in [-0.15, -0.1) is 0 Å². The van der Waals surface area contributed by atoms with Crippen LogP contribution in [0.4, 0.5) is 11.5 Å². The smallest absolute Gasteiger partial charge is 0.288 e. The predicted octanol–water partition coefficient (Wildman–Crippen LogP) is 1.26. The van der Waals surface area contributed by atoms with E-state index in [0.717, 1.165) is 6.20 Å². The molecule has 0 radical (unpaired) electrons. The summed E-state index contributed by atoms with van der Waals surface area (Å²) in [6, 6.07) is 1.19. The van der Waals surface area contributed by atoms with E-state index in [0.29, 0.717) is 6.54 Å². The van der Waals surface area contributed by atoms with Gasteiger partial charge in [0.05, 0.1) is 22.6 Å². The maximum atomic E-state index is 12.5. The van der Waals surface area contributed by atoms with Crippen LogP contribution in [0, 0.1) is 10.1 Å². The number of aliphatic hydroxyl groups is 1. The summed E-state index contributed by atoms with van der Waals surface area (Å²) >= 11 is 0. The first-order valence-corrected chi connectivity index (χ1v) is 6.52. The molecule has 8 nitrogen and oxygen atoms in total. The van der Waals surface area contributed by atoms with Gasteiger partial charge in [0.15, 0.2) is 0 Å². The molecular formula is C13H20N4O4. The number of aromatic nitrogens is 1. The van der Waals surface area contributed by atoms with E-state index < -0.39 is 16.4 Å². The summed E-state index contributed by atoms with van der Waals surface area (Å²) < 4.78 is 0. The van der Waals surface area contributed by atoms with Crippen molar-refractivity contribution in [2.24, 2.45) is 0 Å². The molecule has 0 fully saturated rings. The van der Waals surface area contributed by atoms with Gasteiger partial charge >= 0.3 is 0 Å². The Labute approximate surface area is 122 Å². The van der Waals surface area contributed by atoms with Gasteiger partial charge in [-0.25, -0.2) is 4.98 Å². The lowest BCUT2D eigenvalue weighted by molar-refractivity contribution is -0.385. The third kappa shape index (κ3) is 3.66. The van der Waals surface area contributed by atoms with Crippen molar-refractivity contribution >= 4 is 17.4 Å². The number of amides is 1. The Morgan fingerprint density at radius 1 is 1.57 bits per heavy atom. The average Bonchev–Trinajstić information content (AvgIpc) is 2.46. The van der Waals surface area contributed by atoms with Crippen molar-refractivity contribution in [1.82, 2.24) is 9.88 Å². The molecule has 0 saturated heterocycles. The first-order chi connectivity index (χ1) is 9.74. The van der Waals surface area contributed by atoms with Crippen molar-refractivity contribution in [3.8, 4) is 0 Å².